The zero-order valence-corrected chi connectivity index (χ0v) is 17.9. The molecule has 164 valence electrons. The Morgan fingerprint density at radius 2 is 1.65 bits per heavy atom. The van der Waals surface area contributed by atoms with Gasteiger partial charge in [0.1, 0.15) is 11.3 Å². The fourth-order valence-electron chi connectivity index (χ4n) is 2.70. The molecule has 0 heterocycles. The lowest BCUT2D eigenvalue weighted by Gasteiger charge is -2.13. The monoisotopic (exact) mass is 444 g/mol. The second-order valence-electron chi connectivity index (χ2n) is 6.54. The number of nitrogens with zero attached hydrogens (tertiary/aromatic N) is 1. The number of unbranched alkanes of at least 4 members (excludes halogenated alkanes) is 3. The molecule has 9 nitrogen and oxygen atoms in total. The van der Waals surface area contributed by atoms with E-state index < -0.39 is 16.7 Å². The SMILES string of the molecule is CCCCCCOc1ccccc1C(=O)NC(=S)NNC(=O)c1ccccc1[N+](=O)[O-]. The van der Waals surface area contributed by atoms with Gasteiger partial charge in [0.2, 0.25) is 0 Å². The predicted molar refractivity (Wildman–Crippen MR) is 120 cm³/mol. The summed E-state index contributed by atoms with van der Waals surface area (Å²) in [5.74, 6) is -0.843. The molecule has 0 aliphatic rings. The molecule has 0 spiro atoms. The Morgan fingerprint density at radius 1 is 0.968 bits per heavy atom. The van der Waals surface area contributed by atoms with Gasteiger partial charge in [-0.3, -0.25) is 35.9 Å². The molecule has 0 unspecified atom stereocenters. The number of carbonyl (C=O) groups is 2. The second-order valence-corrected chi connectivity index (χ2v) is 6.95. The van der Waals surface area contributed by atoms with Crippen molar-refractivity contribution >= 4 is 34.8 Å². The number of thiocarbonyl (C=S) groups is 1. The number of amides is 2. The molecule has 0 bridgehead atoms. The molecule has 0 atom stereocenters. The Hall–Kier alpha value is -3.53. The maximum Gasteiger partial charge on any atom is 0.282 e. The summed E-state index contributed by atoms with van der Waals surface area (Å²) in [4.78, 5) is 35.1. The van der Waals surface area contributed by atoms with Crippen LogP contribution in [-0.2, 0) is 0 Å². The number of hydrogen-bond acceptors (Lipinski definition) is 6. The topological polar surface area (TPSA) is 123 Å². The first kappa shape index (κ1) is 23.7. The van der Waals surface area contributed by atoms with Gasteiger partial charge >= 0.3 is 0 Å². The van der Waals surface area contributed by atoms with Crippen molar-refractivity contribution in [1.29, 1.82) is 0 Å². The predicted octanol–water partition coefficient (Wildman–Crippen LogP) is 3.50. The van der Waals surface area contributed by atoms with Crippen LogP contribution in [0.4, 0.5) is 5.69 Å². The Morgan fingerprint density at radius 3 is 2.35 bits per heavy atom. The lowest BCUT2D eigenvalue weighted by Crippen LogP contribution is -2.48. The van der Waals surface area contributed by atoms with Crippen molar-refractivity contribution in [3.8, 4) is 5.75 Å². The van der Waals surface area contributed by atoms with Gasteiger partial charge < -0.3 is 4.74 Å². The molecular formula is C21H24N4O5S. The van der Waals surface area contributed by atoms with E-state index in [9.17, 15) is 19.7 Å². The van der Waals surface area contributed by atoms with Crippen LogP contribution in [0, 0.1) is 10.1 Å². The third kappa shape index (κ3) is 7.34. The zero-order valence-electron chi connectivity index (χ0n) is 17.1. The summed E-state index contributed by atoms with van der Waals surface area (Å²) in [6.45, 7) is 2.62. The van der Waals surface area contributed by atoms with Crippen molar-refractivity contribution in [3.63, 3.8) is 0 Å². The average Bonchev–Trinajstić information content (AvgIpc) is 2.77. The first-order valence-electron chi connectivity index (χ1n) is 9.81. The maximum atomic E-state index is 12.5. The molecule has 0 saturated heterocycles. The molecule has 31 heavy (non-hydrogen) atoms. The van der Waals surface area contributed by atoms with Crippen molar-refractivity contribution in [2.45, 2.75) is 32.6 Å². The molecule has 2 rings (SSSR count). The maximum absolute atomic E-state index is 12.5. The minimum atomic E-state index is -0.764. The first-order chi connectivity index (χ1) is 14.9. The highest BCUT2D eigenvalue weighted by Crippen LogP contribution is 2.19. The van der Waals surface area contributed by atoms with Crippen LogP contribution in [0.1, 0.15) is 53.3 Å². The molecule has 0 fully saturated rings. The van der Waals surface area contributed by atoms with Gasteiger partial charge in [0.15, 0.2) is 5.11 Å². The standard InChI is InChI=1S/C21H24N4O5S/c1-2-3-4-9-14-30-18-13-8-6-11-16(18)19(26)22-21(31)24-23-20(27)15-10-5-7-12-17(15)25(28)29/h5-8,10-13H,2-4,9,14H2,1H3,(H,23,27)(H2,22,24,26,31). The summed E-state index contributed by atoms with van der Waals surface area (Å²) < 4.78 is 5.72. The quantitative estimate of drug-likeness (QED) is 0.234. The number of nitro groups is 1. The van der Waals surface area contributed by atoms with Gasteiger partial charge in [0.25, 0.3) is 17.5 Å². The van der Waals surface area contributed by atoms with Crippen molar-refractivity contribution in [1.82, 2.24) is 16.2 Å². The molecule has 10 heteroatoms. The van der Waals surface area contributed by atoms with Crippen molar-refractivity contribution in [3.05, 3.63) is 69.8 Å². The number of nitro benzene ring substituents is 1. The highest BCUT2D eigenvalue weighted by Gasteiger charge is 2.19. The van der Waals surface area contributed by atoms with Crippen molar-refractivity contribution in [2.75, 3.05) is 6.61 Å². The lowest BCUT2D eigenvalue weighted by atomic mass is 10.2. The van der Waals surface area contributed by atoms with Crippen LogP contribution in [0.15, 0.2) is 48.5 Å². The van der Waals surface area contributed by atoms with Crippen LogP contribution in [0.25, 0.3) is 0 Å². The fraction of sp³-hybridized carbons (Fsp3) is 0.286. The highest BCUT2D eigenvalue weighted by atomic mass is 32.1. The zero-order chi connectivity index (χ0) is 22.6. The Labute approximate surface area is 185 Å². The van der Waals surface area contributed by atoms with Crippen LogP contribution in [0.3, 0.4) is 0 Å². The van der Waals surface area contributed by atoms with E-state index in [0.29, 0.717) is 17.9 Å². The van der Waals surface area contributed by atoms with Crippen LogP contribution in [0.2, 0.25) is 0 Å². The number of benzene rings is 2. The Bertz CT molecular complexity index is 951. The van der Waals surface area contributed by atoms with E-state index in [4.69, 9.17) is 17.0 Å². The molecule has 3 N–H and O–H groups in total. The van der Waals surface area contributed by atoms with Gasteiger partial charge in [-0.15, -0.1) is 0 Å². The number of hydrazine groups is 1. The van der Waals surface area contributed by atoms with E-state index in [1.165, 1.54) is 24.3 Å². The number of hydrogen-bond donors (Lipinski definition) is 3. The van der Waals surface area contributed by atoms with Gasteiger partial charge in [0.05, 0.1) is 17.1 Å². The molecule has 0 radical (unpaired) electrons. The number of ether oxygens (including phenoxy) is 1. The molecule has 0 saturated carbocycles. The summed E-state index contributed by atoms with van der Waals surface area (Å²) in [6, 6.07) is 12.2. The first-order valence-corrected chi connectivity index (χ1v) is 10.2. The Balaban J connectivity index is 1.91. The summed E-state index contributed by atoms with van der Waals surface area (Å²) in [6.07, 6.45) is 4.19. The minimum Gasteiger partial charge on any atom is -0.493 e. The minimum absolute atomic E-state index is 0.143. The number of rotatable bonds is 9. The summed E-state index contributed by atoms with van der Waals surface area (Å²) in [5.41, 5.74) is 4.42. The van der Waals surface area contributed by atoms with Crippen LogP contribution in [0.5, 0.6) is 5.75 Å². The average molecular weight is 445 g/mol. The number of nitrogens with one attached hydrogen (secondary N) is 3. The Kier molecular flexibility index (Phi) is 9.37. The van der Waals surface area contributed by atoms with E-state index >= 15 is 0 Å². The van der Waals surface area contributed by atoms with Crippen molar-refractivity contribution < 1.29 is 19.2 Å². The number of para-hydroxylation sites is 2. The van der Waals surface area contributed by atoms with E-state index in [1.54, 1.807) is 24.3 Å². The largest absolute Gasteiger partial charge is 0.493 e. The highest BCUT2D eigenvalue weighted by molar-refractivity contribution is 7.80. The number of carbonyl (C=O) groups excluding carboxylic acids is 2. The molecule has 2 aromatic carbocycles. The van der Waals surface area contributed by atoms with Crippen LogP contribution >= 0.6 is 12.2 Å². The molecule has 0 aliphatic carbocycles. The van der Waals surface area contributed by atoms with Crippen LogP contribution in [-0.4, -0.2) is 28.5 Å². The fourth-order valence-corrected chi connectivity index (χ4v) is 2.84. The smallest absolute Gasteiger partial charge is 0.282 e. The lowest BCUT2D eigenvalue weighted by molar-refractivity contribution is -0.385. The summed E-state index contributed by atoms with van der Waals surface area (Å²) >= 11 is 5.03. The van der Waals surface area contributed by atoms with E-state index in [2.05, 4.69) is 23.1 Å². The molecule has 2 amide bonds. The summed E-state index contributed by atoms with van der Waals surface area (Å²) in [7, 11) is 0. The van der Waals surface area contributed by atoms with Crippen LogP contribution < -0.4 is 20.9 Å². The third-order valence-corrected chi connectivity index (χ3v) is 4.45. The van der Waals surface area contributed by atoms with E-state index in [-0.39, 0.29) is 16.4 Å². The molecule has 0 aliphatic heterocycles. The molecular weight excluding hydrogens is 420 g/mol. The van der Waals surface area contributed by atoms with Gasteiger partial charge in [-0.25, -0.2) is 0 Å². The normalized spacial score (nSPS) is 10.1. The molecule has 0 aromatic heterocycles. The molecule has 2 aromatic rings. The third-order valence-electron chi connectivity index (χ3n) is 4.25. The van der Waals surface area contributed by atoms with Gasteiger partial charge in [-0.1, -0.05) is 50.5 Å². The second kappa shape index (κ2) is 12.2. The van der Waals surface area contributed by atoms with Gasteiger partial charge in [-0.2, -0.15) is 0 Å². The van der Waals surface area contributed by atoms with E-state index in [1.807, 2.05) is 0 Å². The summed E-state index contributed by atoms with van der Waals surface area (Å²) in [5, 5.41) is 13.3. The van der Waals surface area contributed by atoms with Crippen molar-refractivity contribution in [2.24, 2.45) is 0 Å². The van der Waals surface area contributed by atoms with Gasteiger partial charge in [-0.05, 0) is 36.8 Å². The van der Waals surface area contributed by atoms with E-state index in [0.717, 1.165) is 25.7 Å². The van der Waals surface area contributed by atoms with Gasteiger partial charge in [0, 0.05) is 6.07 Å².